The molecule has 0 aromatic carbocycles. The summed E-state index contributed by atoms with van der Waals surface area (Å²) in [4.78, 5) is 25.4. The number of hydrogen-bond donors (Lipinski definition) is 1. The number of aliphatic carboxylic acids is 1. The highest BCUT2D eigenvalue weighted by Crippen LogP contribution is 2.36. The molecule has 0 bridgehead atoms. The van der Waals surface area contributed by atoms with Gasteiger partial charge < -0.3 is 10.0 Å². The zero-order valence-corrected chi connectivity index (χ0v) is 12.8. The van der Waals surface area contributed by atoms with Crippen LogP contribution in [-0.4, -0.2) is 34.5 Å². The van der Waals surface area contributed by atoms with Gasteiger partial charge in [-0.2, -0.15) is 0 Å². The van der Waals surface area contributed by atoms with Crippen LogP contribution in [0, 0.1) is 10.8 Å². The van der Waals surface area contributed by atoms with Gasteiger partial charge in [-0.3, -0.25) is 4.79 Å². The van der Waals surface area contributed by atoms with E-state index in [1.54, 1.807) is 4.90 Å². The molecular weight excluding hydrogens is 242 g/mol. The number of amides is 1. The lowest BCUT2D eigenvalue weighted by molar-refractivity contribution is -0.159. The summed E-state index contributed by atoms with van der Waals surface area (Å²) in [7, 11) is 0. The Kier molecular flexibility index (Phi) is 4.64. The first kappa shape index (κ1) is 16.0. The standard InChI is InChI=1S/C15H27NO3/c1-14(2,3)9-7-11(17)16-10-6-8-15(4,5)12(16)13(18)19/h12H,6-10H2,1-5H3,(H,18,19). The summed E-state index contributed by atoms with van der Waals surface area (Å²) in [5.74, 6) is -0.899. The van der Waals surface area contributed by atoms with E-state index >= 15 is 0 Å². The molecular formula is C15H27NO3. The highest BCUT2D eigenvalue weighted by Gasteiger charge is 2.44. The molecule has 1 aliphatic rings. The molecule has 0 aliphatic carbocycles. The molecule has 19 heavy (non-hydrogen) atoms. The molecule has 4 nitrogen and oxygen atoms in total. The van der Waals surface area contributed by atoms with Crippen LogP contribution in [0.25, 0.3) is 0 Å². The molecule has 110 valence electrons. The smallest absolute Gasteiger partial charge is 0.326 e. The minimum atomic E-state index is -0.881. The Bertz CT molecular complexity index is 355. The number of piperidine rings is 1. The van der Waals surface area contributed by atoms with Crippen LogP contribution in [0.2, 0.25) is 0 Å². The van der Waals surface area contributed by atoms with E-state index < -0.39 is 12.0 Å². The van der Waals surface area contributed by atoms with Crippen molar-refractivity contribution in [3.05, 3.63) is 0 Å². The molecule has 0 aromatic rings. The van der Waals surface area contributed by atoms with E-state index in [2.05, 4.69) is 20.8 Å². The number of carboxylic acid groups (broad SMARTS) is 1. The van der Waals surface area contributed by atoms with Gasteiger partial charge in [0.05, 0.1) is 0 Å². The lowest BCUT2D eigenvalue weighted by atomic mass is 9.76. The van der Waals surface area contributed by atoms with Crippen LogP contribution in [0.4, 0.5) is 0 Å². The van der Waals surface area contributed by atoms with Crippen molar-refractivity contribution >= 4 is 11.9 Å². The Morgan fingerprint density at radius 1 is 1.32 bits per heavy atom. The molecule has 1 heterocycles. The van der Waals surface area contributed by atoms with Gasteiger partial charge in [-0.05, 0) is 30.1 Å². The first-order valence-corrected chi connectivity index (χ1v) is 7.07. The van der Waals surface area contributed by atoms with E-state index in [1.165, 1.54) is 0 Å². The van der Waals surface area contributed by atoms with Crippen molar-refractivity contribution in [1.29, 1.82) is 0 Å². The molecule has 1 aliphatic heterocycles. The quantitative estimate of drug-likeness (QED) is 0.857. The second-order valence-corrected chi connectivity index (χ2v) is 7.48. The van der Waals surface area contributed by atoms with Gasteiger partial charge in [-0.25, -0.2) is 4.79 Å². The van der Waals surface area contributed by atoms with Crippen LogP contribution in [0.1, 0.15) is 60.3 Å². The lowest BCUT2D eigenvalue weighted by Crippen LogP contribution is -2.56. The predicted octanol–water partition coefficient (Wildman–Crippen LogP) is 2.91. The van der Waals surface area contributed by atoms with Crippen molar-refractivity contribution in [3.63, 3.8) is 0 Å². The fourth-order valence-electron chi connectivity index (χ4n) is 2.75. The zero-order valence-electron chi connectivity index (χ0n) is 12.8. The van der Waals surface area contributed by atoms with E-state index in [1.807, 2.05) is 13.8 Å². The number of rotatable bonds is 3. The monoisotopic (exact) mass is 269 g/mol. The molecule has 1 amide bonds. The van der Waals surface area contributed by atoms with Crippen molar-refractivity contribution < 1.29 is 14.7 Å². The minimum Gasteiger partial charge on any atom is -0.480 e. The van der Waals surface area contributed by atoms with Gasteiger partial charge >= 0.3 is 5.97 Å². The topological polar surface area (TPSA) is 57.6 Å². The van der Waals surface area contributed by atoms with Crippen LogP contribution in [0.5, 0.6) is 0 Å². The third-order valence-electron chi connectivity index (χ3n) is 3.92. The van der Waals surface area contributed by atoms with Gasteiger partial charge in [0.2, 0.25) is 5.91 Å². The maximum Gasteiger partial charge on any atom is 0.326 e. The molecule has 1 rings (SSSR count). The average molecular weight is 269 g/mol. The van der Waals surface area contributed by atoms with Crippen LogP contribution < -0.4 is 0 Å². The number of hydrogen-bond acceptors (Lipinski definition) is 2. The Balaban J connectivity index is 2.79. The van der Waals surface area contributed by atoms with Gasteiger partial charge in [-0.15, -0.1) is 0 Å². The molecule has 1 saturated heterocycles. The summed E-state index contributed by atoms with van der Waals surface area (Å²) >= 11 is 0. The van der Waals surface area contributed by atoms with E-state index in [0.717, 1.165) is 19.3 Å². The maximum atomic E-state index is 12.3. The molecule has 0 spiro atoms. The van der Waals surface area contributed by atoms with Gasteiger partial charge in [0.1, 0.15) is 6.04 Å². The first-order chi connectivity index (χ1) is 8.54. The summed E-state index contributed by atoms with van der Waals surface area (Å²) in [6.45, 7) is 10.7. The van der Waals surface area contributed by atoms with E-state index in [4.69, 9.17) is 0 Å². The lowest BCUT2D eigenvalue weighted by Gasteiger charge is -2.44. The van der Waals surface area contributed by atoms with Crippen molar-refractivity contribution in [2.75, 3.05) is 6.54 Å². The summed E-state index contributed by atoms with van der Waals surface area (Å²) in [5.41, 5.74) is -0.249. The molecule has 1 N–H and O–H groups in total. The number of likely N-dealkylation sites (tertiary alicyclic amines) is 1. The Hall–Kier alpha value is -1.06. The molecule has 0 saturated carbocycles. The third-order valence-corrected chi connectivity index (χ3v) is 3.92. The molecule has 4 heteroatoms. The summed E-state index contributed by atoms with van der Waals surface area (Å²) in [6.07, 6.45) is 2.96. The van der Waals surface area contributed by atoms with Crippen LogP contribution in [0.3, 0.4) is 0 Å². The van der Waals surface area contributed by atoms with Crippen LogP contribution >= 0.6 is 0 Å². The highest BCUT2D eigenvalue weighted by atomic mass is 16.4. The van der Waals surface area contributed by atoms with Crippen molar-refractivity contribution in [2.45, 2.75) is 66.3 Å². The Morgan fingerprint density at radius 2 is 1.89 bits per heavy atom. The predicted molar refractivity (Wildman–Crippen MR) is 74.8 cm³/mol. The molecule has 0 aromatic heterocycles. The van der Waals surface area contributed by atoms with E-state index in [0.29, 0.717) is 13.0 Å². The minimum absolute atomic E-state index is 0.0184. The normalized spacial score (nSPS) is 23.2. The van der Waals surface area contributed by atoms with Gasteiger partial charge in [0.25, 0.3) is 0 Å². The van der Waals surface area contributed by atoms with Gasteiger partial charge in [0.15, 0.2) is 0 Å². The summed E-state index contributed by atoms with van der Waals surface area (Å²) < 4.78 is 0. The zero-order chi connectivity index (χ0) is 14.8. The SMILES string of the molecule is CC(C)(C)CCC(=O)N1CCCC(C)(C)C1C(=O)O. The Labute approximate surface area is 116 Å². The number of carboxylic acids is 1. The highest BCUT2D eigenvalue weighted by molar-refractivity contribution is 5.84. The van der Waals surface area contributed by atoms with E-state index in [9.17, 15) is 14.7 Å². The van der Waals surface area contributed by atoms with E-state index in [-0.39, 0.29) is 16.7 Å². The molecule has 1 atom stereocenters. The molecule has 0 radical (unpaired) electrons. The number of carbonyl (C=O) groups excluding carboxylic acids is 1. The van der Waals surface area contributed by atoms with Gasteiger partial charge in [0, 0.05) is 13.0 Å². The molecule has 1 unspecified atom stereocenters. The van der Waals surface area contributed by atoms with Crippen molar-refractivity contribution in [3.8, 4) is 0 Å². The second kappa shape index (κ2) is 5.51. The van der Waals surface area contributed by atoms with Crippen LogP contribution in [-0.2, 0) is 9.59 Å². The number of carbonyl (C=O) groups is 2. The molecule has 1 fully saturated rings. The summed E-state index contributed by atoms with van der Waals surface area (Å²) in [6, 6.07) is -0.686. The average Bonchev–Trinajstić information content (AvgIpc) is 2.22. The maximum absolute atomic E-state index is 12.3. The fraction of sp³-hybridized carbons (Fsp3) is 0.867. The van der Waals surface area contributed by atoms with Gasteiger partial charge in [-0.1, -0.05) is 34.6 Å². The van der Waals surface area contributed by atoms with Crippen molar-refractivity contribution in [1.82, 2.24) is 4.90 Å². The fourth-order valence-corrected chi connectivity index (χ4v) is 2.75. The first-order valence-electron chi connectivity index (χ1n) is 7.07. The Morgan fingerprint density at radius 3 is 2.37 bits per heavy atom. The largest absolute Gasteiger partial charge is 0.480 e. The number of nitrogens with zero attached hydrogens (tertiary/aromatic N) is 1. The summed E-state index contributed by atoms with van der Waals surface area (Å²) in [5, 5.41) is 9.43. The third kappa shape index (κ3) is 4.22. The van der Waals surface area contributed by atoms with Crippen LogP contribution in [0.15, 0.2) is 0 Å². The van der Waals surface area contributed by atoms with Crippen molar-refractivity contribution in [2.24, 2.45) is 10.8 Å². The second-order valence-electron chi connectivity index (χ2n) is 7.48.